The first-order chi connectivity index (χ1) is 32.1. The molecule has 8 rings (SSSR count). The number of hydrogen-bond acceptors (Lipinski definition) is 18. The maximum absolute atomic E-state index is 12.9. The fourth-order valence-corrected chi connectivity index (χ4v) is 15.2. The average Bonchev–Trinajstić information content (AvgIpc) is 3.28. The number of carbonyl (C=O) groups excluding carboxylic acids is 1. The van der Waals surface area contributed by atoms with Gasteiger partial charge >= 0.3 is 17.9 Å². The Morgan fingerprint density at radius 2 is 1.36 bits per heavy atom. The Morgan fingerprint density at radius 3 is 2.00 bits per heavy atom. The molecule has 3 aliphatic heterocycles. The summed E-state index contributed by atoms with van der Waals surface area (Å²) in [4.78, 5) is 37.8. The summed E-state index contributed by atoms with van der Waals surface area (Å²) >= 11 is 0. The summed E-state index contributed by atoms with van der Waals surface area (Å²) in [6.45, 7) is 14.7. The second kappa shape index (κ2) is 18.5. The molecule has 0 radical (unpaired) electrons. The highest BCUT2D eigenvalue weighted by molar-refractivity contribution is 5.75. The lowest BCUT2D eigenvalue weighted by Crippen LogP contribution is -2.68. The van der Waals surface area contributed by atoms with Crippen LogP contribution in [0.5, 0.6) is 0 Å². The topological polar surface area (TPSA) is 318 Å². The number of aliphatic carboxylic acids is 2. The van der Waals surface area contributed by atoms with Gasteiger partial charge in [-0.3, -0.25) is 9.59 Å². The Bertz CT molecular complexity index is 1990. The molecule has 0 aromatic rings. The maximum Gasteiger partial charge on any atom is 0.335 e. The van der Waals surface area contributed by atoms with Crippen molar-refractivity contribution in [2.45, 2.75) is 211 Å². The van der Waals surface area contributed by atoms with Crippen molar-refractivity contribution in [2.75, 3.05) is 13.2 Å². The molecular weight excluding hydrogens is 909 g/mol. The summed E-state index contributed by atoms with van der Waals surface area (Å²) < 4.78 is 42.0. The van der Waals surface area contributed by atoms with Gasteiger partial charge in [-0.1, -0.05) is 46.3 Å². The van der Waals surface area contributed by atoms with Crippen molar-refractivity contribution >= 4 is 17.9 Å². The van der Waals surface area contributed by atoms with Crippen molar-refractivity contribution in [3.05, 3.63) is 11.6 Å². The zero-order valence-corrected chi connectivity index (χ0v) is 40.9. The van der Waals surface area contributed by atoms with E-state index in [-0.39, 0.29) is 47.0 Å². The number of ether oxygens (including phenoxy) is 7. The molecule has 8 aliphatic rings. The molecule has 0 aromatic carbocycles. The minimum Gasteiger partial charge on any atom is -0.481 e. The minimum absolute atomic E-state index is 0.115. The van der Waals surface area contributed by atoms with Gasteiger partial charge in [0.1, 0.15) is 61.0 Å². The Morgan fingerprint density at radius 1 is 0.696 bits per heavy atom. The highest BCUT2D eigenvalue weighted by Crippen LogP contribution is 2.76. The molecule has 7 fully saturated rings. The SMILES string of the molecule is CC(=O)OC1CC(C)(C(=O)O)CC2C3=CCC4C5(C)CCC(OC6OC(C(=O)O)C(O)C(O)C6OC6OCC(O)C(O)C6OC6OC(C)C(O)C(O)C6O)C(C)(CO)C5CCC4(C)C3(C)CCC12C. The predicted molar refractivity (Wildman–Crippen MR) is 236 cm³/mol. The molecule has 3 heterocycles. The predicted octanol–water partition coefficient (Wildman–Crippen LogP) is 0.979. The summed E-state index contributed by atoms with van der Waals surface area (Å²) in [5, 5.41) is 108. The van der Waals surface area contributed by atoms with Gasteiger partial charge in [-0.2, -0.15) is 0 Å². The maximum atomic E-state index is 12.9. The van der Waals surface area contributed by atoms with Gasteiger partial charge in [0.05, 0.1) is 30.8 Å². The number of carboxylic acids is 2. The fraction of sp³-hybridized carbons (Fsp3) is 0.898. The number of hydrogen-bond donors (Lipinski definition) is 10. The van der Waals surface area contributed by atoms with E-state index in [0.717, 1.165) is 19.3 Å². The van der Waals surface area contributed by atoms with Gasteiger partial charge < -0.3 is 84.2 Å². The lowest BCUT2D eigenvalue weighted by molar-refractivity contribution is -0.387. The minimum atomic E-state index is -2.05. The smallest absolute Gasteiger partial charge is 0.335 e. The third-order valence-corrected chi connectivity index (χ3v) is 19.7. The van der Waals surface area contributed by atoms with Gasteiger partial charge in [0.2, 0.25) is 0 Å². The Hall–Kier alpha value is -2.41. The van der Waals surface area contributed by atoms with E-state index in [9.17, 15) is 65.4 Å². The van der Waals surface area contributed by atoms with E-state index in [4.69, 9.17) is 33.2 Å². The van der Waals surface area contributed by atoms with E-state index < -0.39 is 139 Å². The molecule has 25 unspecified atom stereocenters. The quantitative estimate of drug-likeness (QED) is 0.0829. The summed E-state index contributed by atoms with van der Waals surface area (Å²) in [5.41, 5.74) is -2.25. The number of fused-ring (bicyclic) bond motifs is 7. The van der Waals surface area contributed by atoms with Crippen LogP contribution in [-0.4, -0.2) is 180 Å². The zero-order valence-electron chi connectivity index (χ0n) is 40.9. The van der Waals surface area contributed by atoms with Crippen LogP contribution in [0.15, 0.2) is 11.6 Å². The van der Waals surface area contributed by atoms with Gasteiger partial charge in [0, 0.05) is 24.2 Å². The standard InChI is InChI=1S/C49H76O20/c1-21-30(53)32(55)35(58)40(64-21)68-37-31(54)25(52)19-63-41(37)69-38-34(57)33(56)36(39(59)60)67-42(38)66-28-12-13-46(5)26(47(28,6)20-50)11-14-49(8)27(46)10-9-23-24-17-44(3,43(61)62)18-29(65-22(2)51)45(24,4)15-16-48(23,49)7/h9,21,24-38,40-42,50,52-58H,10-20H2,1-8H3,(H,59,60)(H,61,62). The van der Waals surface area contributed by atoms with Crippen LogP contribution in [-0.2, 0) is 47.5 Å². The lowest BCUT2D eigenvalue weighted by Gasteiger charge is -2.71. The molecule has 392 valence electrons. The molecule has 5 aliphatic carbocycles. The third kappa shape index (κ3) is 8.32. The van der Waals surface area contributed by atoms with Crippen molar-refractivity contribution in [3.8, 4) is 0 Å². The fourth-order valence-electron chi connectivity index (χ4n) is 15.2. The van der Waals surface area contributed by atoms with E-state index in [1.54, 1.807) is 6.92 Å². The second-order valence-corrected chi connectivity index (χ2v) is 23.4. The van der Waals surface area contributed by atoms with E-state index in [2.05, 4.69) is 33.8 Å². The molecule has 0 spiro atoms. The summed E-state index contributed by atoms with van der Waals surface area (Å²) in [5.74, 6) is -3.11. The molecule has 3 saturated heterocycles. The first-order valence-corrected chi connectivity index (χ1v) is 24.7. The molecule has 20 heteroatoms. The first-order valence-electron chi connectivity index (χ1n) is 24.7. The van der Waals surface area contributed by atoms with Crippen molar-refractivity contribution in [3.63, 3.8) is 0 Å². The third-order valence-electron chi connectivity index (χ3n) is 19.7. The van der Waals surface area contributed by atoms with Crippen LogP contribution in [0.25, 0.3) is 0 Å². The summed E-state index contributed by atoms with van der Waals surface area (Å²) in [6.07, 6.45) is -17.6. The number of aliphatic hydroxyl groups excluding tert-OH is 8. The molecule has 0 bridgehead atoms. The summed E-state index contributed by atoms with van der Waals surface area (Å²) in [7, 11) is 0. The normalized spacial score (nSPS) is 54.1. The molecular formula is C49H76O20. The summed E-state index contributed by atoms with van der Waals surface area (Å²) in [6, 6.07) is 0. The van der Waals surface area contributed by atoms with Gasteiger partial charge in [0.25, 0.3) is 0 Å². The van der Waals surface area contributed by atoms with Crippen LogP contribution >= 0.6 is 0 Å². The Kier molecular flexibility index (Phi) is 14.2. The molecule has 0 aromatic heterocycles. The largest absolute Gasteiger partial charge is 0.481 e. The molecule has 20 nitrogen and oxygen atoms in total. The van der Waals surface area contributed by atoms with E-state index in [0.29, 0.717) is 32.1 Å². The highest BCUT2D eigenvalue weighted by Gasteiger charge is 2.70. The monoisotopic (exact) mass is 984 g/mol. The number of allylic oxidation sites excluding steroid dienone is 2. The van der Waals surface area contributed by atoms with Crippen LogP contribution in [0, 0.1) is 50.2 Å². The van der Waals surface area contributed by atoms with Crippen molar-refractivity contribution in [1.29, 1.82) is 0 Å². The van der Waals surface area contributed by atoms with Crippen molar-refractivity contribution in [2.24, 2.45) is 50.2 Å². The second-order valence-electron chi connectivity index (χ2n) is 23.4. The Labute approximate surface area is 402 Å². The van der Waals surface area contributed by atoms with Gasteiger partial charge in [0.15, 0.2) is 25.0 Å². The Balaban J connectivity index is 1.07. The molecule has 69 heavy (non-hydrogen) atoms. The van der Waals surface area contributed by atoms with Crippen LogP contribution in [0.2, 0.25) is 0 Å². The number of carbonyl (C=O) groups is 3. The van der Waals surface area contributed by atoms with Gasteiger partial charge in [-0.05, 0) is 99.2 Å². The first kappa shape index (κ1) is 52.9. The molecule has 10 N–H and O–H groups in total. The van der Waals surface area contributed by atoms with Crippen molar-refractivity contribution in [1.82, 2.24) is 0 Å². The van der Waals surface area contributed by atoms with Crippen LogP contribution in [0.4, 0.5) is 0 Å². The number of aliphatic hydroxyl groups is 8. The van der Waals surface area contributed by atoms with E-state index in [1.807, 2.05) is 6.92 Å². The van der Waals surface area contributed by atoms with Crippen molar-refractivity contribution < 1.29 is 98.6 Å². The van der Waals surface area contributed by atoms with Crippen LogP contribution < -0.4 is 0 Å². The number of rotatable bonds is 10. The number of carboxylic acid groups (broad SMARTS) is 2. The van der Waals surface area contributed by atoms with E-state index >= 15 is 0 Å². The average molecular weight is 985 g/mol. The molecule has 0 amide bonds. The van der Waals surface area contributed by atoms with Gasteiger partial charge in [-0.25, -0.2) is 4.79 Å². The highest BCUT2D eigenvalue weighted by atomic mass is 16.8. The molecule has 4 saturated carbocycles. The zero-order chi connectivity index (χ0) is 50.7. The van der Waals surface area contributed by atoms with E-state index in [1.165, 1.54) is 19.4 Å². The van der Waals surface area contributed by atoms with Crippen LogP contribution in [0.1, 0.15) is 113 Å². The lowest BCUT2D eigenvalue weighted by atomic mass is 9.33. The number of esters is 1. The van der Waals surface area contributed by atoms with Gasteiger partial charge in [-0.15, -0.1) is 0 Å². The molecule has 25 atom stereocenters. The van der Waals surface area contributed by atoms with Crippen LogP contribution in [0.3, 0.4) is 0 Å².